The molecule has 3 rings (SSSR count). The molecule has 18 heavy (non-hydrogen) atoms. The Bertz CT molecular complexity index is 683. The molecule has 0 fully saturated rings. The molecule has 0 aliphatic heterocycles. The van der Waals surface area contributed by atoms with Crippen molar-refractivity contribution in [3.63, 3.8) is 0 Å². The number of nitrogens with two attached hydrogens (primary N) is 1. The summed E-state index contributed by atoms with van der Waals surface area (Å²) in [5.41, 5.74) is 7.13. The number of aromatic amines is 1. The Kier molecular flexibility index (Phi) is 2.87. The number of aromatic nitrogens is 2. The van der Waals surface area contributed by atoms with Crippen LogP contribution in [-0.4, -0.2) is 9.97 Å². The summed E-state index contributed by atoms with van der Waals surface area (Å²) in [6.45, 7) is 2.68. The van der Waals surface area contributed by atoms with Crippen molar-refractivity contribution in [3.8, 4) is 11.3 Å². The summed E-state index contributed by atoms with van der Waals surface area (Å²) in [5.74, 6) is 5.32. The molecule has 0 amide bonds. The fourth-order valence-electron chi connectivity index (χ4n) is 2.20. The van der Waals surface area contributed by atoms with Crippen molar-refractivity contribution < 1.29 is 0 Å². The second kappa shape index (κ2) is 4.53. The number of H-pyrrole nitrogens is 1. The molecule has 2 aromatic heterocycles. The van der Waals surface area contributed by atoms with Crippen LogP contribution in [0, 0.1) is 6.92 Å². The number of fused-ring (bicyclic) bond motifs is 1. The van der Waals surface area contributed by atoms with E-state index in [1.807, 2.05) is 12.1 Å². The minimum atomic E-state index is 0.603. The Morgan fingerprint density at radius 2 is 2.22 bits per heavy atom. The molecule has 1 aromatic carbocycles. The van der Waals surface area contributed by atoms with E-state index in [1.165, 1.54) is 10.9 Å². The molecule has 0 spiro atoms. The number of rotatable bonds is 3. The third kappa shape index (κ3) is 1.82. The van der Waals surface area contributed by atoms with Gasteiger partial charge in [0.25, 0.3) is 0 Å². The number of benzene rings is 1. The molecule has 0 unspecified atom stereocenters. The first kappa shape index (κ1) is 11.4. The third-order valence-corrected chi connectivity index (χ3v) is 3.80. The van der Waals surface area contributed by atoms with Crippen molar-refractivity contribution in [2.24, 2.45) is 5.84 Å². The van der Waals surface area contributed by atoms with Crippen LogP contribution >= 0.6 is 11.3 Å². The molecule has 2 heterocycles. The molecule has 5 heteroatoms. The van der Waals surface area contributed by atoms with E-state index in [2.05, 4.69) is 39.8 Å². The lowest BCUT2D eigenvalue weighted by atomic mass is 10.1. The van der Waals surface area contributed by atoms with Crippen LogP contribution in [0.1, 0.15) is 10.7 Å². The van der Waals surface area contributed by atoms with Gasteiger partial charge in [0.2, 0.25) is 0 Å². The van der Waals surface area contributed by atoms with Crippen molar-refractivity contribution in [2.45, 2.75) is 13.5 Å². The third-order valence-electron chi connectivity index (χ3n) is 2.95. The van der Waals surface area contributed by atoms with Crippen LogP contribution in [0.2, 0.25) is 0 Å². The van der Waals surface area contributed by atoms with E-state index in [0.717, 1.165) is 21.9 Å². The topological polar surface area (TPSA) is 66.7 Å². The van der Waals surface area contributed by atoms with Gasteiger partial charge in [-0.25, -0.2) is 4.98 Å². The van der Waals surface area contributed by atoms with Crippen LogP contribution in [0.25, 0.3) is 22.2 Å². The fourth-order valence-corrected chi connectivity index (χ4v) is 2.94. The van der Waals surface area contributed by atoms with Crippen molar-refractivity contribution in [1.82, 2.24) is 15.4 Å². The second-order valence-corrected chi connectivity index (χ2v) is 5.12. The van der Waals surface area contributed by atoms with Crippen LogP contribution in [0.5, 0.6) is 0 Å². The zero-order chi connectivity index (χ0) is 12.5. The molecule has 92 valence electrons. The lowest BCUT2D eigenvalue weighted by Crippen LogP contribution is -2.20. The van der Waals surface area contributed by atoms with E-state index in [-0.39, 0.29) is 0 Å². The Labute approximate surface area is 109 Å². The van der Waals surface area contributed by atoms with Crippen molar-refractivity contribution in [2.75, 3.05) is 0 Å². The van der Waals surface area contributed by atoms with Crippen LogP contribution < -0.4 is 11.3 Å². The number of hydrazine groups is 1. The predicted octanol–water partition coefficient (Wildman–Crippen LogP) is 2.56. The minimum absolute atomic E-state index is 0.603. The lowest BCUT2D eigenvalue weighted by Gasteiger charge is -1.96. The van der Waals surface area contributed by atoms with Gasteiger partial charge >= 0.3 is 0 Å². The number of hydrogen-bond donors (Lipinski definition) is 3. The molecule has 3 aromatic rings. The maximum absolute atomic E-state index is 5.32. The van der Waals surface area contributed by atoms with Gasteiger partial charge in [-0.05, 0) is 13.0 Å². The number of nitrogens with zero attached hydrogens (tertiary/aromatic N) is 1. The highest BCUT2D eigenvalue weighted by Gasteiger charge is 2.12. The number of para-hydroxylation sites is 1. The standard InChI is InChI=1S/C13H14N4S/c1-8-13(9-4-2-3-5-10(9)16-8)11-7-18-12(17-11)6-15-14/h2-5,7,15-16H,6,14H2,1H3. The zero-order valence-corrected chi connectivity index (χ0v) is 10.8. The molecular weight excluding hydrogens is 244 g/mol. The number of thiazole rings is 1. The van der Waals surface area contributed by atoms with Crippen LogP contribution in [-0.2, 0) is 6.54 Å². The second-order valence-electron chi connectivity index (χ2n) is 4.18. The molecule has 4 nitrogen and oxygen atoms in total. The molecule has 0 radical (unpaired) electrons. The molecule has 0 bridgehead atoms. The summed E-state index contributed by atoms with van der Waals surface area (Å²) in [6.07, 6.45) is 0. The molecular formula is C13H14N4S. The van der Waals surface area contributed by atoms with Crippen LogP contribution in [0.15, 0.2) is 29.6 Å². The van der Waals surface area contributed by atoms with Gasteiger partial charge in [-0.3, -0.25) is 11.3 Å². The maximum atomic E-state index is 5.32. The number of aryl methyl sites for hydroxylation is 1. The molecule has 0 saturated carbocycles. The molecule has 0 aliphatic carbocycles. The minimum Gasteiger partial charge on any atom is -0.358 e. The zero-order valence-electron chi connectivity index (χ0n) is 10.0. The summed E-state index contributed by atoms with van der Waals surface area (Å²) in [7, 11) is 0. The highest BCUT2D eigenvalue weighted by Crippen LogP contribution is 2.32. The Balaban J connectivity index is 2.15. The van der Waals surface area contributed by atoms with Gasteiger partial charge in [0, 0.05) is 27.5 Å². The van der Waals surface area contributed by atoms with Crippen LogP contribution in [0.3, 0.4) is 0 Å². The van der Waals surface area contributed by atoms with Gasteiger partial charge in [0.15, 0.2) is 0 Å². The average molecular weight is 258 g/mol. The van der Waals surface area contributed by atoms with E-state index >= 15 is 0 Å². The summed E-state index contributed by atoms with van der Waals surface area (Å²) < 4.78 is 0. The maximum Gasteiger partial charge on any atom is 0.108 e. The molecule has 0 aliphatic rings. The molecule has 0 atom stereocenters. The van der Waals surface area contributed by atoms with Gasteiger partial charge in [0.1, 0.15) is 5.01 Å². The SMILES string of the molecule is Cc1[nH]c2ccccc2c1-c1csc(CNN)n1. The quantitative estimate of drug-likeness (QED) is 0.499. The largest absolute Gasteiger partial charge is 0.358 e. The normalized spacial score (nSPS) is 11.2. The van der Waals surface area contributed by atoms with Gasteiger partial charge in [-0.2, -0.15) is 0 Å². The molecule has 4 N–H and O–H groups in total. The highest BCUT2D eigenvalue weighted by molar-refractivity contribution is 7.09. The van der Waals surface area contributed by atoms with E-state index in [9.17, 15) is 0 Å². The summed E-state index contributed by atoms with van der Waals surface area (Å²) in [4.78, 5) is 8.00. The van der Waals surface area contributed by atoms with E-state index in [1.54, 1.807) is 11.3 Å². The molecule has 0 saturated heterocycles. The number of hydrogen-bond acceptors (Lipinski definition) is 4. The fraction of sp³-hybridized carbons (Fsp3) is 0.154. The van der Waals surface area contributed by atoms with Gasteiger partial charge in [-0.15, -0.1) is 11.3 Å². The van der Waals surface area contributed by atoms with Crippen molar-refractivity contribution in [1.29, 1.82) is 0 Å². The monoisotopic (exact) mass is 258 g/mol. The van der Waals surface area contributed by atoms with E-state index in [0.29, 0.717) is 6.54 Å². The summed E-state index contributed by atoms with van der Waals surface area (Å²) in [6, 6.07) is 8.29. The van der Waals surface area contributed by atoms with Gasteiger partial charge in [-0.1, -0.05) is 18.2 Å². The summed E-state index contributed by atoms with van der Waals surface area (Å²) in [5, 5.41) is 4.29. The highest BCUT2D eigenvalue weighted by atomic mass is 32.1. The van der Waals surface area contributed by atoms with Crippen LogP contribution in [0.4, 0.5) is 0 Å². The summed E-state index contributed by atoms with van der Waals surface area (Å²) >= 11 is 1.62. The van der Waals surface area contributed by atoms with Gasteiger partial charge < -0.3 is 4.98 Å². The Hall–Kier alpha value is -1.69. The average Bonchev–Trinajstić information content (AvgIpc) is 2.92. The van der Waals surface area contributed by atoms with Crippen molar-refractivity contribution in [3.05, 3.63) is 40.3 Å². The van der Waals surface area contributed by atoms with E-state index in [4.69, 9.17) is 5.84 Å². The van der Waals surface area contributed by atoms with Crippen molar-refractivity contribution >= 4 is 22.2 Å². The number of nitrogens with one attached hydrogen (secondary N) is 2. The Morgan fingerprint density at radius 1 is 1.39 bits per heavy atom. The Morgan fingerprint density at radius 3 is 3.06 bits per heavy atom. The first-order valence-corrected chi connectivity index (χ1v) is 6.63. The van der Waals surface area contributed by atoms with E-state index < -0.39 is 0 Å². The first-order chi connectivity index (χ1) is 8.79. The lowest BCUT2D eigenvalue weighted by molar-refractivity contribution is 0.737. The smallest absolute Gasteiger partial charge is 0.108 e. The predicted molar refractivity (Wildman–Crippen MR) is 75.2 cm³/mol. The van der Waals surface area contributed by atoms with Gasteiger partial charge in [0.05, 0.1) is 12.2 Å². The first-order valence-electron chi connectivity index (χ1n) is 5.75.